The molecule has 0 radical (unpaired) electrons. The molecule has 0 bridgehead atoms. The summed E-state index contributed by atoms with van der Waals surface area (Å²) in [6, 6.07) is 6.02. The van der Waals surface area contributed by atoms with E-state index in [1.165, 1.54) is 16.8 Å². The second-order valence-electron chi connectivity index (χ2n) is 3.81. The molecule has 0 aliphatic carbocycles. The van der Waals surface area contributed by atoms with Crippen LogP contribution in [0.1, 0.15) is 16.1 Å². The molecule has 0 atom stereocenters. The van der Waals surface area contributed by atoms with E-state index in [-0.39, 0.29) is 29.0 Å². The third kappa shape index (κ3) is 2.87. The van der Waals surface area contributed by atoms with Crippen LogP contribution in [0.3, 0.4) is 0 Å². The number of carbonyl (C=O) groups is 1. The molecule has 0 aliphatic rings. The molecule has 4 nitrogen and oxygen atoms in total. The summed E-state index contributed by atoms with van der Waals surface area (Å²) in [4.78, 5) is 11.8. The van der Waals surface area contributed by atoms with Gasteiger partial charge in [-0.2, -0.15) is 5.10 Å². The van der Waals surface area contributed by atoms with E-state index in [0.717, 1.165) is 0 Å². The van der Waals surface area contributed by atoms with Crippen molar-refractivity contribution in [3.63, 3.8) is 0 Å². The molecule has 2 aromatic rings. The summed E-state index contributed by atoms with van der Waals surface area (Å²) in [6.45, 7) is 0.226. The maximum atomic E-state index is 12.9. The molecule has 6 heteroatoms. The molecular weight excluding hydrogens is 257 g/mol. The van der Waals surface area contributed by atoms with Crippen LogP contribution in [0.25, 0.3) is 0 Å². The predicted octanol–water partition coefficient (Wildman–Crippen LogP) is 2.14. The molecule has 0 spiro atoms. The number of amides is 1. The fourth-order valence-electron chi connectivity index (χ4n) is 1.53. The van der Waals surface area contributed by atoms with Crippen LogP contribution in [0.4, 0.5) is 4.39 Å². The molecular formula is C12H11ClFN3O. The van der Waals surface area contributed by atoms with Crippen LogP contribution >= 0.6 is 11.6 Å². The van der Waals surface area contributed by atoms with Crippen molar-refractivity contribution in [2.45, 2.75) is 6.54 Å². The fraction of sp³-hybridized carbons (Fsp3) is 0.167. The van der Waals surface area contributed by atoms with Crippen molar-refractivity contribution < 1.29 is 9.18 Å². The van der Waals surface area contributed by atoms with Gasteiger partial charge < -0.3 is 5.32 Å². The number of aromatic nitrogens is 2. The minimum Gasteiger partial charge on any atom is -0.347 e. The Balaban J connectivity index is 2.03. The molecule has 2 rings (SSSR count). The van der Waals surface area contributed by atoms with Gasteiger partial charge in [0.15, 0.2) is 5.69 Å². The summed E-state index contributed by atoms with van der Waals surface area (Å²) < 4.78 is 14.4. The van der Waals surface area contributed by atoms with Gasteiger partial charge in [0.1, 0.15) is 5.82 Å². The first-order valence-corrected chi connectivity index (χ1v) is 5.66. The molecule has 0 saturated heterocycles. The van der Waals surface area contributed by atoms with E-state index >= 15 is 0 Å². The van der Waals surface area contributed by atoms with E-state index in [0.29, 0.717) is 5.56 Å². The molecule has 0 aliphatic heterocycles. The van der Waals surface area contributed by atoms with Gasteiger partial charge in [-0.1, -0.05) is 23.7 Å². The summed E-state index contributed by atoms with van der Waals surface area (Å²) in [5, 5.41) is 6.86. The van der Waals surface area contributed by atoms with E-state index in [4.69, 9.17) is 11.6 Å². The Hall–Kier alpha value is -1.88. The number of benzene rings is 1. The number of halogens is 2. The average Bonchev–Trinajstić information content (AvgIpc) is 2.66. The largest absolute Gasteiger partial charge is 0.347 e. The Bertz CT molecular complexity index is 582. The first-order chi connectivity index (χ1) is 8.56. The lowest BCUT2D eigenvalue weighted by atomic mass is 10.2. The third-order valence-electron chi connectivity index (χ3n) is 2.34. The number of nitrogens with one attached hydrogen (secondary N) is 1. The van der Waals surface area contributed by atoms with Crippen LogP contribution in [-0.2, 0) is 13.6 Å². The average molecular weight is 268 g/mol. The minimum absolute atomic E-state index is 0.163. The highest BCUT2D eigenvalue weighted by molar-refractivity contribution is 6.33. The van der Waals surface area contributed by atoms with Gasteiger partial charge in [-0.25, -0.2) is 4.39 Å². The monoisotopic (exact) mass is 267 g/mol. The molecule has 18 heavy (non-hydrogen) atoms. The fourth-order valence-corrected chi connectivity index (χ4v) is 1.79. The van der Waals surface area contributed by atoms with E-state index in [2.05, 4.69) is 10.4 Å². The topological polar surface area (TPSA) is 46.9 Å². The van der Waals surface area contributed by atoms with Crippen LogP contribution in [-0.4, -0.2) is 15.7 Å². The molecule has 1 aromatic heterocycles. The third-order valence-corrected chi connectivity index (χ3v) is 2.62. The van der Waals surface area contributed by atoms with Crippen LogP contribution in [0.2, 0.25) is 5.02 Å². The Labute approximate surface area is 108 Å². The Morgan fingerprint density at radius 3 is 2.94 bits per heavy atom. The van der Waals surface area contributed by atoms with E-state index in [9.17, 15) is 9.18 Å². The van der Waals surface area contributed by atoms with E-state index in [1.54, 1.807) is 25.4 Å². The number of nitrogens with zero attached hydrogens (tertiary/aromatic N) is 2. The van der Waals surface area contributed by atoms with E-state index in [1.807, 2.05) is 0 Å². The van der Waals surface area contributed by atoms with Crippen molar-refractivity contribution in [3.8, 4) is 0 Å². The number of carbonyl (C=O) groups excluding carboxylic acids is 1. The predicted molar refractivity (Wildman–Crippen MR) is 65.8 cm³/mol. The zero-order valence-corrected chi connectivity index (χ0v) is 10.4. The smallest absolute Gasteiger partial charge is 0.273 e. The van der Waals surface area contributed by atoms with Gasteiger partial charge in [0.05, 0.1) is 5.02 Å². The van der Waals surface area contributed by atoms with Crippen LogP contribution in [0.5, 0.6) is 0 Å². The second-order valence-corrected chi connectivity index (χ2v) is 4.22. The van der Waals surface area contributed by atoms with Crippen LogP contribution in [0.15, 0.2) is 30.5 Å². The molecule has 0 saturated carbocycles. The van der Waals surface area contributed by atoms with Gasteiger partial charge in [0.2, 0.25) is 0 Å². The van der Waals surface area contributed by atoms with Crippen molar-refractivity contribution in [3.05, 3.63) is 52.6 Å². The maximum Gasteiger partial charge on any atom is 0.273 e. The molecule has 1 N–H and O–H groups in total. The van der Waals surface area contributed by atoms with Gasteiger partial charge in [-0.15, -0.1) is 0 Å². The lowest BCUT2D eigenvalue weighted by molar-refractivity contribution is 0.0945. The zero-order chi connectivity index (χ0) is 13.1. The highest BCUT2D eigenvalue weighted by atomic mass is 35.5. The van der Waals surface area contributed by atoms with Gasteiger partial charge in [-0.3, -0.25) is 9.48 Å². The van der Waals surface area contributed by atoms with Gasteiger partial charge in [0, 0.05) is 19.8 Å². The Kier molecular flexibility index (Phi) is 3.62. The van der Waals surface area contributed by atoms with Crippen LogP contribution < -0.4 is 5.32 Å². The number of hydrogen-bond acceptors (Lipinski definition) is 2. The normalized spacial score (nSPS) is 10.4. The van der Waals surface area contributed by atoms with Gasteiger partial charge >= 0.3 is 0 Å². The van der Waals surface area contributed by atoms with Crippen molar-refractivity contribution >= 4 is 17.5 Å². The number of rotatable bonds is 3. The first kappa shape index (κ1) is 12.6. The van der Waals surface area contributed by atoms with Crippen LogP contribution in [0, 0.1) is 5.82 Å². The Morgan fingerprint density at radius 1 is 1.56 bits per heavy atom. The van der Waals surface area contributed by atoms with Crippen molar-refractivity contribution in [2.24, 2.45) is 7.05 Å². The Morgan fingerprint density at radius 2 is 2.33 bits per heavy atom. The lowest BCUT2D eigenvalue weighted by Crippen LogP contribution is -2.23. The second kappa shape index (κ2) is 5.18. The van der Waals surface area contributed by atoms with Gasteiger partial charge in [0.25, 0.3) is 5.91 Å². The first-order valence-electron chi connectivity index (χ1n) is 5.28. The number of aryl methyl sites for hydroxylation is 1. The summed E-state index contributed by atoms with van der Waals surface area (Å²) >= 11 is 5.84. The summed E-state index contributed by atoms with van der Waals surface area (Å²) in [6.07, 6.45) is 1.54. The lowest BCUT2D eigenvalue weighted by Gasteiger charge is -2.03. The molecule has 1 heterocycles. The van der Waals surface area contributed by atoms with Crippen molar-refractivity contribution in [1.82, 2.24) is 15.1 Å². The van der Waals surface area contributed by atoms with Crippen molar-refractivity contribution in [1.29, 1.82) is 0 Å². The minimum atomic E-state index is -0.384. The number of hydrogen-bond donors (Lipinski definition) is 1. The molecule has 1 aromatic carbocycles. The SMILES string of the molecule is Cn1cc(Cl)c(C(=O)NCc2cccc(F)c2)n1. The van der Waals surface area contributed by atoms with Gasteiger partial charge in [-0.05, 0) is 17.7 Å². The zero-order valence-electron chi connectivity index (χ0n) is 9.65. The maximum absolute atomic E-state index is 12.9. The summed E-state index contributed by atoms with van der Waals surface area (Å²) in [5.74, 6) is -0.720. The molecule has 0 unspecified atom stereocenters. The van der Waals surface area contributed by atoms with Crippen molar-refractivity contribution in [2.75, 3.05) is 0 Å². The molecule has 94 valence electrons. The quantitative estimate of drug-likeness (QED) is 0.926. The summed E-state index contributed by atoms with van der Waals surface area (Å²) in [5.41, 5.74) is 0.839. The highest BCUT2D eigenvalue weighted by Gasteiger charge is 2.14. The standard InChI is InChI=1S/C12H11ClFN3O/c1-17-7-10(13)11(16-17)12(18)15-6-8-3-2-4-9(14)5-8/h2-5,7H,6H2,1H3,(H,15,18). The van der Waals surface area contributed by atoms with E-state index < -0.39 is 0 Å². The molecule has 0 fully saturated rings. The highest BCUT2D eigenvalue weighted by Crippen LogP contribution is 2.13. The molecule has 1 amide bonds. The summed E-state index contributed by atoms with van der Waals surface area (Å²) in [7, 11) is 1.68.